The highest BCUT2D eigenvalue weighted by atomic mass is 79.9. The van der Waals surface area contributed by atoms with Crippen LogP contribution in [0.5, 0.6) is 0 Å². The minimum Gasteiger partial charge on any atom is -0.349 e. The molecule has 1 fully saturated rings. The van der Waals surface area contributed by atoms with Gasteiger partial charge in [0.2, 0.25) is 0 Å². The van der Waals surface area contributed by atoms with Crippen LogP contribution in [-0.4, -0.2) is 23.8 Å². The molecule has 1 saturated heterocycles. The second-order valence-electron chi connectivity index (χ2n) is 2.55. The fourth-order valence-electron chi connectivity index (χ4n) is 1.14. The maximum Gasteiger partial charge on any atom is 0.177 e. The molecule has 1 rings (SSSR count). The van der Waals surface area contributed by atoms with Crippen LogP contribution in [0.3, 0.4) is 0 Å². The number of hydrogen-bond donors (Lipinski definition) is 0. The number of alkyl halides is 1. The van der Waals surface area contributed by atoms with Gasteiger partial charge in [-0.25, -0.2) is 0 Å². The van der Waals surface area contributed by atoms with E-state index in [1.165, 1.54) is 0 Å². The molecule has 10 heavy (non-hydrogen) atoms. The molecule has 60 valence electrons. The van der Waals surface area contributed by atoms with Crippen molar-refractivity contribution < 1.29 is 9.47 Å². The first-order chi connectivity index (χ1) is 4.69. The van der Waals surface area contributed by atoms with Crippen molar-refractivity contribution in [1.82, 2.24) is 0 Å². The van der Waals surface area contributed by atoms with Crippen molar-refractivity contribution >= 4 is 15.9 Å². The van der Waals surface area contributed by atoms with E-state index >= 15 is 0 Å². The minimum atomic E-state index is -0.380. The standard InChI is InChI=1S/C7H13BrO2/c1-3-9-7(2)6(8)4-5-10-7/h6H,3-5H2,1-2H3/t6-,7+/m0/s1. The topological polar surface area (TPSA) is 18.5 Å². The molecule has 1 aliphatic heterocycles. The van der Waals surface area contributed by atoms with Crippen LogP contribution in [0.2, 0.25) is 0 Å². The van der Waals surface area contributed by atoms with E-state index in [0.29, 0.717) is 11.4 Å². The zero-order chi connectivity index (χ0) is 7.61. The average Bonchev–Trinajstić information content (AvgIpc) is 2.15. The van der Waals surface area contributed by atoms with Gasteiger partial charge in [-0.2, -0.15) is 0 Å². The summed E-state index contributed by atoms with van der Waals surface area (Å²) in [6.45, 7) is 5.46. The van der Waals surface area contributed by atoms with Crippen molar-refractivity contribution in [3.05, 3.63) is 0 Å². The Balaban J connectivity index is 2.48. The Labute approximate surface area is 70.0 Å². The van der Waals surface area contributed by atoms with Crippen molar-refractivity contribution in [2.45, 2.75) is 30.9 Å². The molecule has 0 unspecified atom stereocenters. The number of halogens is 1. The molecular weight excluding hydrogens is 196 g/mol. The van der Waals surface area contributed by atoms with Gasteiger partial charge in [0.15, 0.2) is 5.79 Å². The second kappa shape index (κ2) is 3.20. The molecule has 0 aromatic rings. The van der Waals surface area contributed by atoms with Gasteiger partial charge < -0.3 is 9.47 Å². The summed E-state index contributed by atoms with van der Waals surface area (Å²) >= 11 is 3.51. The summed E-state index contributed by atoms with van der Waals surface area (Å²) in [5.41, 5.74) is 0. The van der Waals surface area contributed by atoms with Crippen LogP contribution in [0.4, 0.5) is 0 Å². The third-order valence-corrected chi connectivity index (χ3v) is 3.05. The normalized spacial score (nSPS) is 40.5. The first kappa shape index (κ1) is 8.50. The smallest absolute Gasteiger partial charge is 0.177 e. The van der Waals surface area contributed by atoms with Gasteiger partial charge in [-0.15, -0.1) is 0 Å². The highest BCUT2D eigenvalue weighted by Gasteiger charge is 2.39. The van der Waals surface area contributed by atoms with Gasteiger partial charge in [0.25, 0.3) is 0 Å². The lowest BCUT2D eigenvalue weighted by molar-refractivity contribution is -0.190. The molecule has 0 aromatic carbocycles. The molecule has 0 aromatic heterocycles. The molecular formula is C7H13BrO2. The number of ether oxygens (including phenoxy) is 2. The second-order valence-corrected chi connectivity index (χ2v) is 3.66. The molecule has 1 aliphatic rings. The Hall–Kier alpha value is 0.400. The molecule has 1 heterocycles. The van der Waals surface area contributed by atoms with E-state index in [4.69, 9.17) is 9.47 Å². The molecule has 3 heteroatoms. The van der Waals surface area contributed by atoms with Gasteiger partial charge in [0.05, 0.1) is 11.4 Å². The molecule has 0 N–H and O–H groups in total. The van der Waals surface area contributed by atoms with Crippen LogP contribution in [0.15, 0.2) is 0 Å². The number of rotatable bonds is 2. The Morgan fingerprint density at radius 1 is 1.80 bits per heavy atom. The molecule has 0 bridgehead atoms. The predicted molar refractivity (Wildman–Crippen MR) is 43.3 cm³/mol. The molecule has 0 radical (unpaired) electrons. The fraction of sp³-hybridized carbons (Fsp3) is 1.00. The van der Waals surface area contributed by atoms with E-state index in [1.54, 1.807) is 0 Å². The van der Waals surface area contributed by atoms with Gasteiger partial charge in [-0.05, 0) is 20.3 Å². The van der Waals surface area contributed by atoms with Gasteiger partial charge >= 0.3 is 0 Å². The summed E-state index contributed by atoms with van der Waals surface area (Å²) in [7, 11) is 0. The van der Waals surface area contributed by atoms with E-state index in [-0.39, 0.29) is 5.79 Å². The Kier molecular flexibility index (Phi) is 2.72. The maximum atomic E-state index is 5.43. The van der Waals surface area contributed by atoms with E-state index in [0.717, 1.165) is 13.0 Å². The molecule has 0 saturated carbocycles. The first-order valence-electron chi connectivity index (χ1n) is 3.61. The summed E-state index contributed by atoms with van der Waals surface area (Å²) in [5, 5.41) is 0. The zero-order valence-corrected chi connectivity index (χ0v) is 7.98. The summed E-state index contributed by atoms with van der Waals surface area (Å²) in [4.78, 5) is 0.347. The minimum absolute atomic E-state index is 0.347. The average molecular weight is 209 g/mol. The van der Waals surface area contributed by atoms with E-state index in [1.807, 2.05) is 13.8 Å². The van der Waals surface area contributed by atoms with Gasteiger partial charge in [-0.1, -0.05) is 15.9 Å². The molecule has 2 atom stereocenters. The first-order valence-corrected chi connectivity index (χ1v) is 4.52. The lowest BCUT2D eigenvalue weighted by Crippen LogP contribution is -2.35. The molecule has 0 spiro atoms. The maximum absolute atomic E-state index is 5.43. The summed E-state index contributed by atoms with van der Waals surface area (Å²) in [5.74, 6) is -0.380. The third kappa shape index (κ3) is 1.52. The SMILES string of the molecule is CCO[C@]1(C)OCC[C@@H]1Br. The number of hydrogen-bond acceptors (Lipinski definition) is 2. The fourth-order valence-corrected chi connectivity index (χ4v) is 1.59. The van der Waals surface area contributed by atoms with Crippen LogP contribution in [0.1, 0.15) is 20.3 Å². The highest BCUT2D eigenvalue weighted by Crippen LogP contribution is 2.32. The van der Waals surface area contributed by atoms with Crippen LogP contribution < -0.4 is 0 Å². The summed E-state index contributed by atoms with van der Waals surface area (Å²) in [6, 6.07) is 0. The van der Waals surface area contributed by atoms with Crippen molar-refractivity contribution in [3.63, 3.8) is 0 Å². The van der Waals surface area contributed by atoms with Gasteiger partial charge in [0.1, 0.15) is 0 Å². The Bertz CT molecular complexity index is 118. The van der Waals surface area contributed by atoms with Crippen molar-refractivity contribution in [2.24, 2.45) is 0 Å². The zero-order valence-electron chi connectivity index (χ0n) is 6.39. The van der Waals surface area contributed by atoms with Crippen molar-refractivity contribution in [2.75, 3.05) is 13.2 Å². The van der Waals surface area contributed by atoms with Crippen molar-refractivity contribution in [1.29, 1.82) is 0 Å². The predicted octanol–water partition coefficient (Wildman–Crippen LogP) is 1.92. The van der Waals surface area contributed by atoms with Crippen LogP contribution in [-0.2, 0) is 9.47 Å². The highest BCUT2D eigenvalue weighted by molar-refractivity contribution is 9.09. The monoisotopic (exact) mass is 208 g/mol. The van der Waals surface area contributed by atoms with Crippen LogP contribution in [0.25, 0.3) is 0 Å². The lowest BCUT2D eigenvalue weighted by Gasteiger charge is -2.26. The largest absolute Gasteiger partial charge is 0.349 e. The molecule has 0 amide bonds. The molecule has 2 nitrogen and oxygen atoms in total. The molecule has 0 aliphatic carbocycles. The van der Waals surface area contributed by atoms with E-state index in [2.05, 4.69) is 15.9 Å². The summed E-state index contributed by atoms with van der Waals surface area (Å²) in [6.07, 6.45) is 1.04. The lowest BCUT2D eigenvalue weighted by atomic mass is 10.2. The third-order valence-electron chi connectivity index (χ3n) is 1.76. The Morgan fingerprint density at radius 3 is 2.90 bits per heavy atom. The summed E-state index contributed by atoms with van der Waals surface area (Å²) < 4.78 is 10.9. The quantitative estimate of drug-likeness (QED) is 0.647. The van der Waals surface area contributed by atoms with Gasteiger partial charge in [0, 0.05) is 6.61 Å². The van der Waals surface area contributed by atoms with E-state index in [9.17, 15) is 0 Å². The van der Waals surface area contributed by atoms with E-state index < -0.39 is 0 Å². The van der Waals surface area contributed by atoms with Crippen LogP contribution in [0, 0.1) is 0 Å². The van der Waals surface area contributed by atoms with Crippen LogP contribution >= 0.6 is 15.9 Å². The van der Waals surface area contributed by atoms with Gasteiger partial charge in [-0.3, -0.25) is 0 Å². The Morgan fingerprint density at radius 2 is 2.50 bits per heavy atom. The van der Waals surface area contributed by atoms with Crippen molar-refractivity contribution in [3.8, 4) is 0 Å².